The maximum Gasteiger partial charge on any atom is 0.153 e. The van der Waals surface area contributed by atoms with Crippen molar-refractivity contribution in [3.8, 4) is 11.5 Å². The highest BCUT2D eigenvalue weighted by Gasteiger charge is 2.06. The van der Waals surface area contributed by atoms with Gasteiger partial charge in [0.25, 0.3) is 0 Å². The first-order chi connectivity index (χ1) is 7.17. The predicted octanol–water partition coefficient (Wildman–Crippen LogP) is 1.27. The fraction of sp³-hybridized carbons (Fsp3) is 0.364. The third-order valence-electron chi connectivity index (χ3n) is 1.82. The highest BCUT2D eigenvalue weighted by molar-refractivity contribution is 5.80. The van der Waals surface area contributed by atoms with Crippen LogP contribution in [0.15, 0.2) is 18.2 Å². The molecule has 0 aliphatic heterocycles. The molecule has 0 amide bonds. The zero-order valence-electron chi connectivity index (χ0n) is 8.77. The Hall–Kier alpha value is -1.55. The maximum atomic E-state index is 10.7. The molecule has 0 aliphatic carbocycles. The molecule has 0 aromatic heterocycles. The van der Waals surface area contributed by atoms with Crippen molar-refractivity contribution in [2.45, 2.75) is 13.0 Å². The summed E-state index contributed by atoms with van der Waals surface area (Å²) in [5.74, 6) is 1.05. The molecule has 0 radical (unpaired) electrons. The van der Waals surface area contributed by atoms with Crippen molar-refractivity contribution in [3.05, 3.63) is 23.8 Å². The summed E-state index contributed by atoms with van der Waals surface area (Å²) in [4.78, 5) is 10.7. The van der Waals surface area contributed by atoms with Gasteiger partial charge in [-0.1, -0.05) is 0 Å². The predicted molar refractivity (Wildman–Crippen MR) is 55.6 cm³/mol. The molecular formula is C11H14O4. The molecule has 1 rings (SSSR count). The zero-order valence-corrected chi connectivity index (χ0v) is 8.77. The van der Waals surface area contributed by atoms with Crippen molar-refractivity contribution in [1.29, 1.82) is 0 Å². The van der Waals surface area contributed by atoms with E-state index in [1.807, 2.05) is 0 Å². The van der Waals surface area contributed by atoms with Gasteiger partial charge in [-0.15, -0.1) is 0 Å². The Bertz CT molecular complexity index is 333. The largest absolute Gasteiger partial charge is 0.497 e. The zero-order chi connectivity index (χ0) is 11.3. The van der Waals surface area contributed by atoms with Gasteiger partial charge < -0.3 is 14.6 Å². The minimum absolute atomic E-state index is 0.160. The lowest BCUT2D eigenvalue weighted by molar-refractivity contribution is 0.109. The van der Waals surface area contributed by atoms with E-state index in [4.69, 9.17) is 14.6 Å². The molecule has 1 N–H and O–H groups in total. The number of hydrogen-bond donors (Lipinski definition) is 1. The van der Waals surface area contributed by atoms with Crippen molar-refractivity contribution < 1.29 is 19.4 Å². The lowest BCUT2D eigenvalue weighted by Gasteiger charge is -2.10. The second-order valence-electron chi connectivity index (χ2n) is 3.18. The van der Waals surface area contributed by atoms with E-state index < -0.39 is 6.10 Å². The Kier molecular flexibility index (Phi) is 4.12. The van der Waals surface area contributed by atoms with E-state index in [-0.39, 0.29) is 6.61 Å². The molecule has 15 heavy (non-hydrogen) atoms. The van der Waals surface area contributed by atoms with Crippen LogP contribution in [0, 0.1) is 0 Å². The number of aldehydes is 1. The smallest absolute Gasteiger partial charge is 0.153 e. The molecule has 82 valence electrons. The summed E-state index contributed by atoms with van der Waals surface area (Å²) in [7, 11) is 1.53. The van der Waals surface area contributed by atoms with Gasteiger partial charge in [-0.05, 0) is 25.1 Å². The van der Waals surface area contributed by atoms with E-state index in [1.54, 1.807) is 25.1 Å². The van der Waals surface area contributed by atoms with Crippen LogP contribution in [0.4, 0.5) is 0 Å². The van der Waals surface area contributed by atoms with Crippen molar-refractivity contribution in [3.63, 3.8) is 0 Å². The summed E-state index contributed by atoms with van der Waals surface area (Å²) in [6, 6.07) is 4.93. The summed E-state index contributed by atoms with van der Waals surface area (Å²) in [5, 5.41) is 9.04. The summed E-state index contributed by atoms with van der Waals surface area (Å²) in [6.45, 7) is 1.78. The average Bonchev–Trinajstić information content (AvgIpc) is 2.25. The molecule has 0 saturated heterocycles. The molecule has 0 fully saturated rings. The van der Waals surface area contributed by atoms with Crippen molar-refractivity contribution in [1.82, 2.24) is 0 Å². The molecule has 4 nitrogen and oxygen atoms in total. The summed E-state index contributed by atoms with van der Waals surface area (Å²) in [6.07, 6.45) is 0.131. The number of hydrogen-bond acceptors (Lipinski definition) is 4. The molecule has 1 atom stereocenters. The molecule has 1 unspecified atom stereocenters. The molecule has 4 heteroatoms. The fourth-order valence-corrected chi connectivity index (χ4v) is 1.09. The van der Waals surface area contributed by atoms with Gasteiger partial charge in [0.2, 0.25) is 0 Å². The molecule has 0 spiro atoms. The number of ether oxygens (including phenoxy) is 2. The minimum Gasteiger partial charge on any atom is -0.497 e. The van der Waals surface area contributed by atoms with Gasteiger partial charge in [0, 0.05) is 0 Å². The molecule has 0 heterocycles. The van der Waals surface area contributed by atoms with Crippen LogP contribution in [0.5, 0.6) is 11.5 Å². The van der Waals surface area contributed by atoms with Crippen LogP contribution in [-0.2, 0) is 0 Å². The van der Waals surface area contributed by atoms with Crippen molar-refractivity contribution in [2.24, 2.45) is 0 Å². The quantitative estimate of drug-likeness (QED) is 0.743. The topological polar surface area (TPSA) is 55.8 Å². The van der Waals surface area contributed by atoms with Crippen LogP contribution >= 0.6 is 0 Å². The van der Waals surface area contributed by atoms with Gasteiger partial charge in [-0.2, -0.15) is 0 Å². The van der Waals surface area contributed by atoms with Gasteiger partial charge in [0.15, 0.2) is 6.29 Å². The summed E-state index contributed by atoms with van der Waals surface area (Å²) in [5.41, 5.74) is 0.412. The molecule has 1 aromatic rings. The monoisotopic (exact) mass is 210 g/mol. The van der Waals surface area contributed by atoms with E-state index in [2.05, 4.69) is 0 Å². The van der Waals surface area contributed by atoms with Crippen molar-refractivity contribution >= 4 is 6.29 Å². The van der Waals surface area contributed by atoms with Crippen LogP contribution in [0.3, 0.4) is 0 Å². The molecular weight excluding hydrogens is 196 g/mol. The van der Waals surface area contributed by atoms with Crippen LogP contribution in [0.1, 0.15) is 17.3 Å². The fourth-order valence-electron chi connectivity index (χ4n) is 1.09. The van der Waals surface area contributed by atoms with E-state index >= 15 is 0 Å². The van der Waals surface area contributed by atoms with E-state index in [0.29, 0.717) is 23.3 Å². The lowest BCUT2D eigenvalue weighted by atomic mass is 10.2. The Balaban J connectivity index is 2.82. The van der Waals surface area contributed by atoms with Gasteiger partial charge >= 0.3 is 0 Å². The first-order valence-corrected chi connectivity index (χ1v) is 4.61. The van der Waals surface area contributed by atoms with Gasteiger partial charge in [0.05, 0.1) is 18.8 Å². The standard InChI is InChI=1S/C11H14O4/c1-8(13)7-15-11-4-3-10(14-2)5-9(11)6-12/h3-6,8,13H,7H2,1-2H3. The Morgan fingerprint density at radius 2 is 2.27 bits per heavy atom. The number of rotatable bonds is 5. The normalized spacial score (nSPS) is 11.9. The average molecular weight is 210 g/mol. The molecule has 0 aliphatic rings. The second-order valence-corrected chi connectivity index (χ2v) is 3.18. The van der Waals surface area contributed by atoms with Crippen LogP contribution < -0.4 is 9.47 Å². The number of carbonyl (C=O) groups excluding carboxylic acids is 1. The SMILES string of the molecule is COc1ccc(OCC(C)O)c(C=O)c1. The first kappa shape index (κ1) is 11.5. The Morgan fingerprint density at radius 1 is 1.53 bits per heavy atom. The van der Waals surface area contributed by atoms with Crippen LogP contribution in [0.25, 0.3) is 0 Å². The van der Waals surface area contributed by atoms with Gasteiger partial charge in [-0.3, -0.25) is 4.79 Å². The minimum atomic E-state index is -0.563. The summed E-state index contributed by atoms with van der Waals surface area (Å²) >= 11 is 0. The lowest BCUT2D eigenvalue weighted by Crippen LogP contribution is -2.13. The molecule has 0 saturated carbocycles. The first-order valence-electron chi connectivity index (χ1n) is 4.61. The Labute approximate surface area is 88.4 Å². The number of aliphatic hydroxyl groups excluding tert-OH is 1. The number of methoxy groups -OCH3 is 1. The highest BCUT2D eigenvalue weighted by Crippen LogP contribution is 2.22. The third-order valence-corrected chi connectivity index (χ3v) is 1.82. The number of aliphatic hydroxyl groups is 1. The number of benzene rings is 1. The van der Waals surface area contributed by atoms with Crippen LogP contribution in [0.2, 0.25) is 0 Å². The second kappa shape index (κ2) is 5.36. The van der Waals surface area contributed by atoms with Crippen LogP contribution in [-0.4, -0.2) is 31.2 Å². The third kappa shape index (κ3) is 3.25. The maximum absolute atomic E-state index is 10.7. The van der Waals surface area contributed by atoms with Gasteiger partial charge in [-0.25, -0.2) is 0 Å². The van der Waals surface area contributed by atoms with E-state index in [1.165, 1.54) is 7.11 Å². The summed E-state index contributed by atoms with van der Waals surface area (Å²) < 4.78 is 10.2. The van der Waals surface area contributed by atoms with Gasteiger partial charge in [0.1, 0.15) is 18.1 Å². The Morgan fingerprint density at radius 3 is 2.80 bits per heavy atom. The van der Waals surface area contributed by atoms with Crippen molar-refractivity contribution in [2.75, 3.05) is 13.7 Å². The molecule has 1 aromatic carbocycles. The molecule has 0 bridgehead atoms. The highest BCUT2D eigenvalue weighted by atomic mass is 16.5. The number of carbonyl (C=O) groups is 1. The van der Waals surface area contributed by atoms with E-state index in [9.17, 15) is 4.79 Å². The van der Waals surface area contributed by atoms with E-state index in [0.717, 1.165) is 0 Å².